The van der Waals surface area contributed by atoms with Crippen LogP contribution < -0.4 is 0 Å². The van der Waals surface area contributed by atoms with Crippen molar-refractivity contribution >= 4 is 11.2 Å². The highest BCUT2D eigenvalue weighted by Gasteiger charge is 2.31. The molecule has 1 N–H and O–H groups in total. The molecule has 0 unspecified atom stereocenters. The number of pyridine rings is 1. The summed E-state index contributed by atoms with van der Waals surface area (Å²) >= 11 is 0. The molecule has 0 aromatic carbocycles. The number of nitrogens with one attached hydrogen (secondary N) is 1. The molecule has 0 saturated heterocycles. The molecule has 1 aliphatic carbocycles. The van der Waals surface area contributed by atoms with Crippen molar-refractivity contribution in [1.29, 1.82) is 0 Å². The van der Waals surface area contributed by atoms with Gasteiger partial charge in [0, 0.05) is 11.6 Å². The summed E-state index contributed by atoms with van der Waals surface area (Å²) in [6, 6.07) is 4.00. The lowest BCUT2D eigenvalue weighted by Crippen LogP contribution is -2.26. The summed E-state index contributed by atoms with van der Waals surface area (Å²) in [5, 5.41) is 0. The Morgan fingerprint density at radius 1 is 1.25 bits per heavy atom. The second-order valence-electron chi connectivity index (χ2n) is 5.08. The van der Waals surface area contributed by atoms with Crippen LogP contribution in [-0.4, -0.2) is 15.0 Å². The molecule has 84 valence electrons. The summed E-state index contributed by atoms with van der Waals surface area (Å²) in [7, 11) is 0. The Bertz CT molecular complexity index is 462. The van der Waals surface area contributed by atoms with Crippen LogP contribution in [0.2, 0.25) is 0 Å². The molecule has 0 amide bonds. The van der Waals surface area contributed by atoms with Crippen LogP contribution in [0.4, 0.5) is 0 Å². The van der Waals surface area contributed by atoms with Crippen molar-refractivity contribution in [1.82, 2.24) is 15.0 Å². The number of imidazole rings is 1. The van der Waals surface area contributed by atoms with Gasteiger partial charge in [0.05, 0.1) is 5.52 Å². The summed E-state index contributed by atoms with van der Waals surface area (Å²) in [4.78, 5) is 12.4. The minimum atomic E-state index is 0.235. The van der Waals surface area contributed by atoms with Crippen molar-refractivity contribution in [3.63, 3.8) is 0 Å². The van der Waals surface area contributed by atoms with E-state index in [2.05, 4.69) is 21.9 Å². The first kappa shape index (κ1) is 9.82. The molecule has 0 spiro atoms. The molecule has 1 fully saturated rings. The Kier molecular flexibility index (Phi) is 2.20. The fourth-order valence-electron chi connectivity index (χ4n) is 2.70. The second-order valence-corrected chi connectivity index (χ2v) is 5.08. The Morgan fingerprint density at radius 3 is 2.81 bits per heavy atom. The van der Waals surface area contributed by atoms with E-state index in [1.807, 2.05) is 12.1 Å². The number of hydrogen-bond acceptors (Lipinski definition) is 2. The van der Waals surface area contributed by atoms with Gasteiger partial charge >= 0.3 is 0 Å². The van der Waals surface area contributed by atoms with Crippen LogP contribution in [0.15, 0.2) is 18.3 Å². The first-order valence-corrected chi connectivity index (χ1v) is 6.09. The summed E-state index contributed by atoms with van der Waals surface area (Å²) in [5.74, 6) is 1.13. The molecule has 0 aliphatic heterocycles. The molecule has 1 aliphatic rings. The van der Waals surface area contributed by atoms with E-state index in [1.165, 1.54) is 32.1 Å². The van der Waals surface area contributed by atoms with Gasteiger partial charge in [0.1, 0.15) is 5.82 Å². The highest BCUT2D eigenvalue weighted by atomic mass is 15.0. The molecule has 3 nitrogen and oxygen atoms in total. The van der Waals surface area contributed by atoms with Crippen molar-refractivity contribution in [3.8, 4) is 0 Å². The molecule has 2 aromatic rings. The number of H-pyrrole nitrogens is 1. The molecule has 0 atom stereocenters. The van der Waals surface area contributed by atoms with E-state index in [4.69, 9.17) is 0 Å². The predicted octanol–water partition coefficient (Wildman–Crippen LogP) is 3.18. The largest absolute Gasteiger partial charge is 0.340 e. The molecule has 2 aromatic heterocycles. The highest BCUT2D eigenvalue weighted by molar-refractivity contribution is 5.70. The Labute approximate surface area is 95.3 Å². The van der Waals surface area contributed by atoms with Crippen LogP contribution >= 0.6 is 0 Å². The molecule has 3 rings (SSSR count). The maximum Gasteiger partial charge on any atom is 0.177 e. The van der Waals surface area contributed by atoms with Crippen LogP contribution in [0, 0.1) is 0 Å². The molecule has 0 bridgehead atoms. The lowest BCUT2D eigenvalue weighted by molar-refractivity contribution is 0.306. The van der Waals surface area contributed by atoms with Gasteiger partial charge in [-0.1, -0.05) is 26.2 Å². The van der Waals surface area contributed by atoms with Crippen LogP contribution in [-0.2, 0) is 5.41 Å². The van der Waals surface area contributed by atoms with Gasteiger partial charge < -0.3 is 4.98 Å². The van der Waals surface area contributed by atoms with E-state index >= 15 is 0 Å². The van der Waals surface area contributed by atoms with Crippen molar-refractivity contribution < 1.29 is 0 Å². The van der Waals surface area contributed by atoms with Gasteiger partial charge in [0.15, 0.2) is 5.65 Å². The number of rotatable bonds is 1. The van der Waals surface area contributed by atoms with E-state index in [0.29, 0.717) is 0 Å². The Hall–Kier alpha value is -1.38. The molecule has 16 heavy (non-hydrogen) atoms. The first-order chi connectivity index (χ1) is 7.78. The maximum absolute atomic E-state index is 4.64. The molecular formula is C13H17N3. The predicted molar refractivity (Wildman–Crippen MR) is 64.3 cm³/mol. The van der Waals surface area contributed by atoms with Crippen LogP contribution in [0.1, 0.15) is 44.9 Å². The van der Waals surface area contributed by atoms with Crippen LogP contribution in [0.25, 0.3) is 11.2 Å². The van der Waals surface area contributed by atoms with Gasteiger partial charge in [-0.3, -0.25) is 0 Å². The molecule has 2 heterocycles. The Morgan fingerprint density at radius 2 is 2.06 bits per heavy atom. The zero-order valence-corrected chi connectivity index (χ0v) is 9.66. The lowest BCUT2D eigenvalue weighted by atomic mass is 9.75. The van der Waals surface area contributed by atoms with Crippen molar-refractivity contribution in [2.24, 2.45) is 0 Å². The third kappa shape index (κ3) is 1.51. The van der Waals surface area contributed by atoms with Gasteiger partial charge in [-0.25, -0.2) is 9.97 Å². The van der Waals surface area contributed by atoms with E-state index < -0.39 is 0 Å². The van der Waals surface area contributed by atoms with Gasteiger partial charge in [-0.05, 0) is 25.0 Å². The van der Waals surface area contributed by atoms with Gasteiger partial charge in [0.2, 0.25) is 0 Å². The van der Waals surface area contributed by atoms with Gasteiger partial charge in [-0.2, -0.15) is 0 Å². The third-order valence-corrected chi connectivity index (χ3v) is 3.79. The smallest absolute Gasteiger partial charge is 0.177 e. The number of hydrogen-bond donors (Lipinski definition) is 1. The maximum atomic E-state index is 4.64. The molecule has 1 saturated carbocycles. The fourth-order valence-corrected chi connectivity index (χ4v) is 2.70. The normalized spacial score (nSPS) is 20.1. The van der Waals surface area contributed by atoms with Crippen LogP contribution in [0.3, 0.4) is 0 Å². The summed E-state index contributed by atoms with van der Waals surface area (Å²) in [5.41, 5.74) is 2.15. The number of fused-ring (bicyclic) bond motifs is 1. The lowest BCUT2D eigenvalue weighted by Gasteiger charge is -2.31. The van der Waals surface area contributed by atoms with E-state index in [-0.39, 0.29) is 5.41 Å². The van der Waals surface area contributed by atoms with Crippen molar-refractivity contribution in [2.75, 3.05) is 0 Å². The highest BCUT2D eigenvalue weighted by Crippen LogP contribution is 2.37. The third-order valence-electron chi connectivity index (χ3n) is 3.79. The van der Waals surface area contributed by atoms with E-state index in [9.17, 15) is 0 Å². The number of aromatic nitrogens is 3. The summed E-state index contributed by atoms with van der Waals surface area (Å²) < 4.78 is 0. The fraction of sp³-hybridized carbons (Fsp3) is 0.538. The monoisotopic (exact) mass is 215 g/mol. The quantitative estimate of drug-likeness (QED) is 0.793. The zero-order valence-electron chi connectivity index (χ0n) is 9.66. The minimum Gasteiger partial charge on any atom is -0.340 e. The topological polar surface area (TPSA) is 41.6 Å². The average Bonchev–Trinajstić information content (AvgIpc) is 2.74. The first-order valence-electron chi connectivity index (χ1n) is 6.09. The summed E-state index contributed by atoms with van der Waals surface area (Å²) in [6.07, 6.45) is 8.30. The van der Waals surface area contributed by atoms with Crippen LogP contribution in [0.5, 0.6) is 0 Å². The molecular weight excluding hydrogens is 198 g/mol. The Balaban J connectivity index is 2.04. The molecule has 3 heteroatoms. The minimum absolute atomic E-state index is 0.235. The number of nitrogens with zero attached hydrogens (tertiary/aromatic N) is 2. The SMILES string of the molecule is CC1(c2nc3ncccc3[nH]2)CCCCC1. The zero-order chi connectivity index (χ0) is 11.0. The van der Waals surface area contributed by atoms with E-state index in [1.54, 1.807) is 6.20 Å². The van der Waals surface area contributed by atoms with Gasteiger partial charge in [0.25, 0.3) is 0 Å². The van der Waals surface area contributed by atoms with Gasteiger partial charge in [-0.15, -0.1) is 0 Å². The molecule has 0 radical (unpaired) electrons. The van der Waals surface area contributed by atoms with Crippen molar-refractivity contribution in [3.05, 3.63) is 24.2 Å². The standard InChI is InChI=1S/C13H17N3/c1-13(7-3-2-4-8-13)12-15-10-6-5-9-14-11(10)16-12/h5-6,9H,2-4,7-8H2,1H3,(H,14,15,16). The summed E-state index contributed by atoms with van der Waals surface area (Å²) in [6.45, 7) is 2.32. The van der Waals surface area contributed by atoms with Crippen molar-refractivity contribution in [2.45, 2.75) is 44.4 Å². The number of aromatic amines is 1. The average molecular weight is 215 g/mol. The second kappa shape index (κ2) is 3.58. The van der Waals surface area contributed by atoms with E-state index in [0.717, 1.165) is 17.0 Å².